The first-order valence-corrected chi connectivity index (χ1v) is 7.78. The molecule has 0 radical (unpaired) electrons. The van der Waals surface area contributed by atoms with Crippen LogP contribution in [0.25, 0.3) is 0 Å². The zero-order valence-corrected chi connectivity index (χ0v) is 12.5. The summed E-state index contributed by atoms with van der Waals surface area (Å²) < 4.78 is 5.22. The van der Waals surface area contributed by atoms with Gasteiger partial charge in [0.1, 0.15) is 0 Å². The average molecular weight is 293 g/mol. The molecule has 0 atom stereocenters. The van der Waals surface area contributed by atoms with Crippen molar-refractivity contribution in [2.45, 2.75) is 38.8 Å². The summed E-state index contributed by atoms with van der Waals surface area (Å²) in [6.45, 7) is 6.92. The highest BCUT2D eigenvalue weighted by molar-refractivity contribution is 5.78. The Balaban J connectivity index is 1.38. The van der Waals surface area contributed by atoms with Crippen molar-refractivity contribution < 1.29 is 9.32 Å². The quantitative estimate of drug-likeness (QED) is 0.797. The van der Waals surface area contributed by atoms with Gasteiger partial charge in [0, 0.05) is 38.6 Å². The minimum absolute atomic E-state index is 0.162. The van der Waals surface area contributed by atoms with Crippen molar-refractivity contribution in [1.82, 2.24) is 25.3 Å². The van der Waals surface area contributed by atoms with Gasteiger partial charge in [0.05, 0.1) is 13.1 Å². The van der Waals surface area contributed by atoms with Crippen LogP contribution in [-0.4, -0.2) is 64.6 Å². The summed E-state index contributed by atoms with van der Waals surface area (Å²) >= 11 is 0. The molecule has 7 heteroatoms. The number of carbonyl (C=O) groups is 1. The molecule has 2 heterocycles. The predicted molar refractivity (Wildman–Crippen MR) is 76.6 cm³/mol. The first-order chi connectivity index (χ1) is 10.2. The second-order valence-corrected chi connectivity index (χ2v) is 5.85. The van der Waals surface area contributed by atoms with E-state index in [9.17, 15) is 4.79 Å². The number of rotatable bonds is 6. The van der Waals surface area contributed by atoms with Gasteiger partial charge in [-0.15, -0.1) is 0 Å². The molecule has 1 N–H and O–H groups in total. The van der Waals surface area contributed by atoms with Gasteiger partial charge in [-0.05, 0) is 12.8 Å². The van der Waals surface area contributed by atoms with Crippen molar-refractivity contribution in [3.05, 3.63) is 11.7 Å². The minimum atomic E-state index is 0.162. The van der Waals surface area contributed by atoms with E-state index in [0.717, 1.165) is 51.3 Å². The fourth-order valence-corrected chi connectivity index (χ4v) is 2.50. The predicted octanol–water partition coefficient (Wildman–Crippen LogP) is 0.0282. The van der Waals surface area contributed by atoms with E-state index in [1.807, 2.05) is 6.92 Å². The van der Waals surface area contributed by atoms with Crippen LogP contribution in [0, 0.1) is 0 Å². The summed E-state index contributed by atoms with van der Waals surface area (Å²) in [6.07, 6.45) is 3.08. The Morgan fingerprint density at radius 2 is 2.00 bits per heavy atom. The van der Waals surface area contributed by atoms with E-state index in [-0.39, 0.29) is 5.91 Å². The highest BCUT2D eigenvalue weighted by Crippen LogP contribution is 2.18. The van der Waals surface area contributed by atoms with Gasteiger partial charge in [-0.3, -0.25) is 14.6 Å². The number of aromatic nitrogens is 2. The van der Waals surface area contributed by atoms with Crippen LogP contribution < -0.4 is 5.32 Å². The zero-order valence-electron chi connectivity index (χ0n) is 12.5. The van der Waals surface area contributed by atoms with Crippen LogP contribution in [0.15, 0.2) is 4.52 Å². The molecule has 1 aromatic heterocycles. The third-order valence-corrected chi connectivity index (χ3v) is 3.96. The Morgan fingerprint density at radius 1 is 1.29 bits per heavy atom. The molecule has 0 unspecified atom stereocenters. The number of amides is 1. The van der Waals surface area contributed by atoms with Crippen molar-refractivity contribution in [3.63, 3.8) is 0 Å². The summed E-state index contributed by atoms with van der Waals surface area (Å²) in [5.74, 6) is 1.61. The van der Waals surface area contributed by atoms with Crippen molar-refractivity contribution in [3.8, 4) is 0 Å². The molecule has 116 valence electrons. The van der Waals surface area contributed by atoms with Gasteiger partial charge in [-0.25, -0.2) is 0 Å². The SMILES string of the molecule is CCc1noc(CN2CCN(CC(=O)NC3CC3)CC2)n1. The lowest BCUT2D eigenvalue weighted by Gasteiger charge is -2.33. The van der Waals surface area contributed by atoms with Gasteiger partial charge in [-0.2, -0.15) is 4.98 Å². The van der Waals surface area contributed by atoms with Crippen LogP contribution in [-0.2, 0) is 17.8 Å². The molecule has 2 aliphatic rings. The summed E-state index contributed by atoms with van der Waals surface area (Å²) in [4.78, 5) is 20.6. The Hall–Kier alpha value is -1.47. The molecule has 1 aliphatic heterocycles. The third-order valence-electron chi connectivity index (χ3n) is 3.96. The van der Waals surface area contributed by atoms with Crippen LogP contribution in [0.4, 0.5) is 0 Å². The normalized spacial score (nSPS) is 20.6. The van der Waals surface area contributed by atoms with Crippen LogP contribution >= 0.6 is 0 Å². The molecule has 3 rings (SSSR count). The Bertz CT molecular complexity index is 477. The molecule has 1 aliphatic carbocycles. The zero-order chi connectivity index (χ0) is 14.7. The summed E-state index contributed by atoms with van der Waals surface area (Å²) in [5, 5.41) is 6.95. The number of nitrogens with one attached hydrogen (secondary N) is 1. The molecule has 0 aromatic carbocycles. The summed E-state index contributed by atoms with van der Waals surface area (Å²) in [6, 6.07) is 0.448. The standard InChI is InChI=1S/C14H23N5O2/c1-2-12-16-14(21-17-12)10-19-7-5-18(6-8-19)9-13(20)15-11-3-4-11/h11H,2-10H2,1H3,(H,15,20). The van der Waals surface area contributed by atoms with Gasteiger partial charge in [-0.1, -0.05) is 12.1 Å². The monoisotopic (exact) mass is 293 g/mol. The Morgan fingerprint density at radius 3 is 2.62 bits per heavy atom. The molecule has 21 heavy (non-hydrogen) atoms. The maximum Gasteiger partial charge on any atom is 0.240 e. The minimum Gasteiger partial charge on any atom is -0.352 e. The van der Waals surface area contributed by atoms with Crippen LogP contribution in [0.2, 0.25) is 0 Å². The van der Waals surface area contributed by atoms with Crippen molar-refractivity contribution >= 4 is 5.91 Å². The number of aryl methyl sites for hydroxylation is 1. The van der Waals surface area contributed by atoms with Gasteiger partial charge >= 0.3 is 0 Å². The molecular formula is C14H23N5O2. The van der Waals surface area contributed by atoms with Crippen LogP contribution in [0.1, 0.15) is 31.5 Å². The number of carbonyl (C=O) groups excluding carboxylic acids is 1. The molecule has 1 saturated heterocycles. The molecule has 1 aromatic rings. The maximum absolute atomic E-state index is 11.8. The van der Waals surface area contributed by atoms with E-state index >= 15 is 0 Å². The second-order valence-electron chi connectivity index (χ2n) is 5.85. The Kier molecular flexibility index (Phi) is 4.50. The Labute approximate surface area is 124 Å². The smallest absolute Gasteiger partial charge is 0.240 e. The van der Waals surface area contributed by atoms with Crippen LogP contribution in [0.3, 0.4) is 0 Å². The third kappa shape index (κ3) is 4.25. The molecule has 0 spiro atoms. The number of piperazine rings is 1. The lowest BCUT2D eigenvalue weighted by atomic mass is 10.3. The average Bonchev–Trinajstić information content (AvgIpc) is 3.17. The first-order valence-electron chi connectivity index (χ1n) is 7.78. The number of nitrogens with zero attached hydrogens (tertiary/aromatic N) is 4. The first kappa shape index (κ1) is 14.5. The van der Waals surface area contributed by atoms with Crippen LogP contribution in [0.5, 0.6) is 0 Å². The number of hydrogen-bond donors (Lipinski definition) is 1. The van der Waals surface area contributed by atoms with Crippen molar-refractivity contribution in [2.24, 2.45) is 0 Å². The van der Waals surface area contributed by atoms with E-state index < -0.39 is 0 Å². The summed E-state index contributed by atoms with van der Waals surface area (Å²) in [7, 11) is 0. The fourth-order valence-electron chi connectivity index (χ4n) is 2.50. The van der Waals surface area contributed by atoms with E-state index in [1.54, 1.807) is 0 Å². The van der Waals surface area contributed by atoms with E-state index in [2.05, 4.69) is 25.3 Å². The largest absolute Gasteiger partial charge is 0.352 e. The van der Waals surface area contributed by atoms with E-state index in [0.29, 0.717) is 25.0 Å². The lowest BCUT2D eigenvalue weighted by molar-refractivity contribution is -0.122. The number of hydrogen-bond acceptors (Lipinski definition) is 6. The van der Waals surface area contributed by atoms with Crippen molar-refractivity contribution in [1.29, 1.82) is 0 Å². The van der Waals surface area contributed by atoms with Gasteiger partial charge in [0.15, 0.2) is 5.82 Å². The van der Waals surface area contributed by atoms with Crippen molar-refractivity contribution in [2.75, 3.05) is 32.7 Å². The highest BCUT2D eigenvalue weighted by Gasteiger charge is 2.25. The van der Waals surface area contributed by atoms with E-state index in [1.165, 1.54) is 0 Å². The molecule has 2 fully saturated rings. The lowest BCUT2D eigenvalue weighted by Crippen LogP contribution is -2.49. The van der Waals surface area contributed by atoms with E-state index in [4.69, 9.17) is 4.52 Å². The fraction of sp³-hybridized carbons (Fsp3) is 0.786. The topological polar surface area (TPSA) is 74.5 Å². The van der Waals surface area contributed by atoms with Gasteiger partial charge < -0.3 is 9.84 Å². The summed E-state index contributed by atoms with van der Waals surface area (Å²) in [5.41, 5.74) is 0. The second kappa shape index (κ2) is 6.53. The van der Waals surface area contributed by atoms with Gasteiger partial charge in [0.2, 0.25) is 11.8 Å². The maximum atomic E-state index is 11.8. The highest BCUT2D eigenvalue weighted by atomic mass is 16.5. The molecule has 1 saturated carbocycles. The molecule has 0 bridgehead atoms. The molecular weight excluding hydrogens is 270 g/mol. The molecule has 1 amide bonds. The van der Waals surface area contributed by atoms with Gasteiger partial charge in [0.25, 0.3) is 0 Å². The molecule has 7 nitrogen and oxygen atoms in total.